The highest BCUT2D eigenvalue weighted by Gasteiger charge is 2.24. The second kappa shape index (κ2) is 12.8. The lowest BCUT2D eigenvalue weighted by Crippen LogP contribution is -2.22. The molecular weight excluding hydrogens is 643 g/mol. The van der Waals surface area contributed by atoms with Gasteiger partial charge in [-0.15, -0.1) is 0 Å². The van der Waals surface area contributed by atoms with Gasteiger partial charge >= 0.3 is 0 Å². The molecule has 0 fully saturated rings. The van der Waals surface area contributed by atoms with Crippen molar-refractivity contribution in [3.63, 3.8) is 0 Å². The summed E-state index contributed by atoms with van der Waals surface area (Å²) in [5, 5.41) is 2.84. The van der Waals surface area contributed by atoms with Crippen molar-refractivity contribution in [1.82, 2.24) is 4.72 Å². The molecule has 0 heterocycles. The predicted molar refractivity (Wildman–Crippen MR) is 146 cm³/mol. The fourth-order valence-electron chi connectivity index (χ4n) is 3.31. The maximum atomic E-state index is 14.7. The molecular formula is C23H24F2IN3O6S2. The number of anilines is 3. The summed E-state index contributed by atoms with van der Waals surface area (Å²) in [7, 11) is -5.20. The Hall–Kier alpha value is -2.53. The third-order valence-electron chi connectivity index (χ3n) is 5.03. The van der Waals surface area contributed by atoms with E-state index < -0.39 is 38.7 Å². The first-order valence-electron chi connectivity index (χ1n) is 10.8. The molecule has 0 bridgehead atoms. The molecule has 0 radical (unpaired) electrons. The highest BCUT2D eigenvalue weighted by Crippen LogP contribution is 2.40. The molecule has 3 N–H and O–H groups in total. The lowest BCUT2D eigenvalue weighted by Gasteiger charge is -2.23. The van der Waals surface area contributed by atoms with E-state index in [1.54, 1.807) is 12.1 Å². The molecule has 0 aliphatic heterocycles. The van der Waals surface area contributed by atoms with Gasteiger partial charge in [0.1, 0.15) is 29.2 Å². The summed E-state index contributed by atoms with van der Waals surface area (Å²) in [6.07, 6.45) is -0.973. The number of thiol groups is 1. The lowest BCUT2D eigenvalue weighted by molar-refractivity contribution is 0.106. The van der Waals surface area contributed by atoms with Gasteiger partial charge in [-0.1, -0.05) is 6.07 Å². The Morgan fingerprint density at radius 3 is 2.46 bits per heavy atom. The minimum atomic E-state index is -3.56. The van der Waals surface area contributed by atoms with Crippen LogP contribution in [0.4, 0.5) is 25.8 Å². The van der Waals surface area contributed by atoms with E-state index in [2.05, 4.69) is 14.8 Å². The van der Waals surface area contributed by atoms with Crippen LogP contribution < -0.4 is 19.5 Å². The largest absolute Gasteiger partial charge is 0.457 e. The van der Waals surface area contributed by atoms with Gasteiger partial charge in [0, 0.05) is 34.9 Å². The normalized spacial score (nSPS) is 12.4. The van der Waals surface area contributed by atoms with Crippen molar-refractivity contribution in [2.45, 2.75) is 13.0 Å². The fraction of sp³-hybridized carbons (Fsp3) is 0.217. The molecule has 14 heteroatoms. The van der Waals surface area contributed by atoms with Gasteiger partial charge in [-0.25, -0.2) is 30.3 Å². The summed E-state index contributed by atoms with van der Waals surface area (Å²) in [5.74, 6) is -1.35. The molecule has 9 nitrogen and oxygen atoms in total. The van der Waals surface area contributed by atoms with Crippen LogP contribution >= 0.6 is 22.6 Å². The summed E-state index contributed by atoms with van der Waals surface area (Å²) in [4.78, 5) is 0. The number of rotatable bonds is 12. The zero-order chi connectivity index (χ0) is 27.2. The Kier molecular flexibility index (Phi) is 10.1. The van der Waals surface area contributed by atoms with E-state index in [-0.39, 0.29) is 46.4 Å². The summed E-state index contributed by atoms with van der Waals surface area (Å²) in [6, 6.07) is 12.6. The number of sulfonamides is 1. The molecule has 3 aromatic rings. The van der Waals surface area contributed by atoms with Gasteiger partial charge in [0.05, 0.1) is 22.8 Å². The van der Waals surface area contributed by atoms with Crippen LogP contribution in [0.2, 0.25) is 0 Å². The zero-order valence-corrected chi connectivity index (χ0v) is 23.5. The SMILES string of the molecule is CCS(=O)(=O)Nc1cccc(Oc2cc(F)cc(Nc3ccc(I)cc3F)c2C(CN[SH](=O)=O)OC)c1. The molecule has 0 saturated heterocycles. The molecule has 0 saturated carbocycles. The average Bonchev–Trinajstić information content (AvgIpc) is 2.82. The molecule has 0 aliphatic rings. The number of methoxy groups -OCH3 is 1. The molecule has 0 amide bonds. The summed E-state index contributed by atoms with van der Waals surface area (Å²) < 4.78 is 92.3. The van der Waals surface area contributed by atoms with Gasteiger partial charge in [-0.2, -0.15) is 0 Å². The molecule has 37 heavy (non-hydrogen) atoms. The molecule has 0 aromatic heterocycles. The maximum absolute atomic E-state index is 14.7. The Balaban J connectivity index is 2.09. The quantitative estimate of drug-likeness (QED) is 0.164. The van der Waals surface area contributed by atoms with Crippen LogP contribution in [0.15, 0.2) is 54.6 Å². The van der Waals surface area contributed by atoms with E-state index >= 15 is 0 Å². The smallest absolute Gasteiger partial charge is 0.232 e. The monoisotopic (exact) mass is 667 g/mol. The number of nitrogens with one attached hydrogen (secondary N) is 3. The number of benzene rings is 3. The van der Waals surface area contributed by atoms with Crippen LogP contribution in [0.1, 0.15) is 18.6 Å². The van der Waals surface area contributed by atoms with E-state index in [1.807, 2.05) is 22.6 Å². The van der Waals surface area contributed by atoms with Crippen LogP contribution in [0, 0.1) is 15.2 Å². The van der Waals surface area contributed by atoms with E-state index in [1.165, 1.54) is 44.4 Å². The standard InChI is InChI=1S/C23H24F2IN3O6S2/c1-3-37(32,33)29-16-5-4-6-17(12-16)35-21-10-14(24)9-20(23(21)22(34-2)13-27-36(30)31)28-19-8-7-15(26)11-18(19)25/h4-12,22,28-29,36H,3,13H2,1-2H3,(H,27,30,31). The van der Waals surface area contributed by atoms with Crippen LogP contribution in [0.25, 0.3) is 0 Å². The molecule has 0 aliphatic carbocycles. The van der Waals surface area contributed by atoms with Gasteiger partial charge in [0.2, 0.25) is 20.9 Å². The van der Waals surface area contributed by atoms with Crippen molar-refractivity contribution in [1.29, 1.82) is 0 Å². The van der Waals surface area contributed by atoms with Crippen LogP contribution in [-0.4, -0.2) is 36.2 Å². The van der Waals surface area contributed by atoms with Crippen LogP contribution in [0.3, 0.4) is 0 Å². The highest BCUT2D eigenvalue weighted by molar-refractivity contribution is 14.1. The zero-order valence-electron chi connectivity index (χ0n) is 19.6. The van der Waals surface area contributed by atoms with Crippen molar-refractivity contribution < 1.29 is 35.1 Å². The topological polar surface area (TPSA) is 123 Å². The van der Waals surface area contributed by atoms with Crippen LogP contribution in [0.5, 0.6) is 11.5 Å². The molecule has 1 unspecified atom stereocenters. The number of hydrogen-bond acceptors (Lipinski definition) is 7. The second-order valence-electron chi connectivity index (χ2n) is 7.59. The number of halogens is 3. The number of ether oxygens (including phenoxy) is 2. The minimum Gasteiger partial charge on any atom is -0.457 e. The van der Waals surface area contributed by atoms with Crippen molar-refractivity contribution in [2.24, 2.45) is 0 Å². The van der Waals surface area contributed by atoms with Gasteiger partial charge in [0.15, 0.2) is 0 Å². The first-order valence-corrected chi connectivity index (χ1v) is 14.7. The maximum Gasteiger partial charge on any atom is 0.232 e. The summed E-state index contributed by atoms with van der Waals surface area (Å²) in [6.45, 7) is 1.26. The number of hydrogen-bond donors (Lipinski definition) is 4. The van der Waals surface area contributed by atoms with Crippen molar-refractivity contribution in [3.05, 3.63) is 75.4 Å². The predicted octanol–water partition coefficient (Wildman–Crippen LogP) is 4.67. The molecule has 200 valence electrons. The Bertz CT molecular complexity index is 1450. The molecule has 1 atom stereocenters. The third kappa shape index (κ3) is 8.23. The second-order valence-corrected chi connectivity index (χ2v) is 11.7. The molecule has 3 aromatic carbocycles. The van der Waals surface area contributed by atoms with Crippen molar-refractivity contribution in [2.75, 3.05) is 29.4 Å². The van der Waals surface area contributed by atoms with Gasteiger partial charge in [-0.05, 0) is 65.9 Å². The Morgan fingerprint density at radius 2 is 1.81 bits per heavy atom. The van der Waals surface area contributed by atoms with E-state index in [9.17, 15) is 25.6 Å². The van der Waals surface area contributed by atoms with Crippen molar-refractivity contribution in [3.8, 4) is 11.5 Å². The summed E-state index contributed by atoms with van der Waals surface area (Å²) >= 11 is 1.95. The van der Waals surface area contributed by atoms with Crippen LogP contribution in [-0.2, 0) is 25.7 Å². The first kappa shape index (κ1) is 29.0. The summed E-state index contributed by atoms with van der Waals surface area (Å²) in [5.41, 5.74) is 0.551. The van der Waals surface area contributed by atoms with E-state index in [0.717, 1.165) is 12.1 Å². The van der Waals surface area contributed by atoms with Crippen molar-refractivity contribution >= 4 is 60.6 Å². The van der Waals surface area contributed by atoms with E-state index in [0.29, 0.717) is 3.57 Å². The average molecular weight is 667 g/mol. The first-order chi connectivity index (χ1) is 17.5. The lowest BCUT2D eigenvalue weighted by atomic mass is 10.0. The molecule has 3 rings (SSSR count). The fourth-order valence-corrected chi connectivity index (χ4v) is 4.71. The van der Waals surface area contributed by atoms with Gasteiger partial charge < -0.3 is 14.8 Å². The van der Waals surface area contributed by atoms with E-state index in [4.69, 9.17) is 9.47 Å². The Labute approximate surface area is 228 Å². The van der Waals surface area contributed by atoms with Gasteiger partial charge in [0.25, 0.3) is 0 Å². The molecule has 0 spiro atoms. The minimum absolute atomic E-state index is 0.0481. The van der Waals surface area contributed by atoms with Gasteiger partial charge in [-0.3, -0.25) is 4.72 Å². The Morgan fingerprint density at radius 1 is 1.05 bits per heavy atom. The highest BCUT2D eigenvalue weighted by atomic mass is 127. The third-order valence-corrected chi connectivity index (χ3v) is 7.45.